The molecule has 5 nitrogen and oxygen atoms in total. The second-order valence-electron chi connectivity index (χ2n) is 5.91. The summed E-state index contributed by atoms with van der Waals surface area (Å²) in [5.41, 5.74) is 1.57. The van der Waals surface area contributed by atoms with E-state index < -0.39 is 0 Å². The molecule has 1 aliphatic rings. The van der Waals surface area contributed by atoms with Gasteiger partial charge in [0, 0.05) is 38.4 Å². The normalized spacial score (nSPS) is 18.7. The largest absolute Gasteiger partial charge is 0.330 e. The van der Waals surface area contributed by atoms with Crippen molar-refractivity contribution in [1.29, 1.82) is 0 Å². The minimum absolute atomic E-state index is 0.242. The van der Waals surface area contributed by atoms with Crippen LogP contribution in [0.3, 0.4) is 0 Å². The van der Waals surface area contributed by atoms with Crippen LogP contribution in [0.4, 0.5) is 0 Å². The number of aromatic nitrogens is 2. The van der Waals surface area contributed by atoms with Gasteiger partial charge in [-0.2, -0.15) is 0 Å². The Bertz CT molecular complexity index is 777. The van der Waals surface area contributed by atoms with Crippen LogP contribution < -0.4 is 11.2 Å². The molecule has 0 aliphatic carbocycles. The minimum atomic E-state index is -0.266. The van der Waals surface area contributed by atoms with E-state index in [-0.39, 0.29) is 11.2 Å². The molecule has 1 saturated heterocycles. The van der Waals surface area contributed by atoms with Crippen LogP contribution >= 0.6 is 0 Å². The van der Waals surface area contributed by atoms with E-state index in [9.17, 15) is 9.59 Å². The Labute approximate surface area is 129 Å². The lowest BCUT2D eigenvalue weighted by molar-refractivity contribution is 0.241. The van der Waals surface area contributed by atoms with Crippen LogP contribution in [0.15, 0.2) is 46.0 Å². The summed E-state index contributed by atoms with van der Waals surface area (Å²) in [5.74, 6) is 0. The molecule has 22 heavy (non-hydrogen) atoms. The van der Waals surface area contributed by atoms with Crippen LogP contribution in [-0.2, 0) is 20.6 Å². The average Bonchev–Trinajstić information content (AvgIpc) is 2.99. The molecule has 5 heteroatoms. The number of hydrogen-bond acceptors (Lipinski definition) is 3. The highest BCUT2D eigenvalue weighted by Gasteiger charge is 2.26. The lowest BCUT2D eigenvalue weighted by Gasteiger charge is -2.25. The zero-order valence-electron chi connectivity index (χ0n) is 13.0. The van der Waals surface area contributed by atoms with Crippen LogP contribution in [0, 0.1) is 0 Å². The molecule has 1 aliphatic heterocycles. The van der Waals surface area contributed by atoms with Crippen molar-refractivity contribution in [3.05, 3.63) is 68.5 Å². The molecular weight excluding hydrogens is 278 g/mol. The lowest BCUT2D eigenvalue weighted by atomic mass is 10.0. The van der Waals surface area contributed by atoms with E-state index in [0.717, 1.165) is 29.6 Å². The zero-order chi connectivity index (χ0) is 15.7. The third kappa shape index (κ3) is 2.64. The van der Waals surface area contributed by atoms with Gasteiger partial charge in [-0.25, -0.2) is 4.79 Å². The molecule has 1 aromatic heterocycles. The van der Waals surface area contributed by atoms with Crippen molar-refractivity contribution in [2.75, 3.05) is 6.54 Å². The van der Waals surface area contributed by atoms with Gasteiger partial charge in [0.05, 0.1) is 0 Å². The predicted octanol–water partition coefficient (Wildman–Crippen LogP) is 1.42. The Morgan fingerprint density at radius 2 is 1.82 bits per heavy atom. The van der Waals surface area contributed by atoms with Gasteiger partial charge < -0.3 is 0 Å². The molecular formula is C17H21N3O2. The Balaban J connectivity index is 1.90. The first-order valence-electron chi connectivity index (χ1n) is 7.63. The molecule has 2 aromatic rings. The summed E-state index contributed by atoms with van der Waals surface area (Å²) in [6, 6.07) is 12.4. The predicted molar refractivity (Wildman–Crippen MR) is 85.8 cm³/mol. The SMILES string of the molecule is Cn1c(CN2CCCC2c2ccccc2)cc(=O)n(C)c1=O. The van der Waals surface area contributed by atoms with Gasteiger partial charge in [0.2, 0.25) is 0 Å². The number of rotatable bonds is 3. The van der Waals surface area contributed by atoms with E-state index in [4.69, 9.17) is 0 Å². The van der Waals surface area contributed by atoms with Crippen LogP contribution in [0.25, 0.3) is 0 Å². The summed E-state index contributed by atoms with van der Waals surface area (Å²) in [7, 11) is 3.24. The topological polar surface area (TPSA) is 47.2 Å². The lowest BCUT2D eigenvalue weighted by Crippen LogP contribution is -2.39. The molecule has 0 bridgehead atoms. The summed E-state index contributed by atoms with van der Waals surface area (Å²) in [5, 5.41) is 0. The monoisotopic (exact) mass is 299 g/mol. The fourth-order valence-electron chi connectivity index (χ4n) is 3.21. The van der Waals surface area contributed by atoms with Crippen molar-refractivity contribution in [1.82, 2.24) is 14.0 Å². The average molecular weight is 299 g/mol. The molecule has 1 unspecified atom stereocenters. The fourth-order valence-corrected chi connectivity index (χ4v) is 3.21. The maximum atomic E-state index is 12.0. The molecule has 116 valence electrons. The molecule has 2 heterocycles. The number of benzene rings is 1. The van der Waals surface area contributed by atoms with Crippen LogP contribution in [0.5, 0.6) is 0 Å². The summed E-state index contributed by atoms with van der Waals surface area (Å²) in [6.45, 7) is 1.62. The molecule has 0 amide bonds. The van der Waals surface area contributed by atoms with Crippen molar-refractivity contribution < 1.29 is 0 Å². The highest BCUT2D eigenvalue weighted by atomic mass is 16.2. The molecule has 0 N–H and O–H groups in total. The van der Waals surface area contributed by atoms with Gasteiger partial charge in [0.15, 0.2) is 0 Å². The highest BCUT2D eigenvalue weighted by molar-refractivity contribution is 5.20. The quantitative estimate of drug-likeness (QED) is 0.861. The van der Waals surface area contributed by atoms with Crippen molar-refractivity contribution in [2.24, 2.45) is 14.1 Å². The Morgan fingerprint density at radius 1 is 1.09 bits per heavy atom. The summed E-state index contributed by atoms with van der Waals surface area (Å²) in [4.78, 5) is 26.3. The molecule has 0 spiro atoms. The molecule has 1 aromatic carbocycles. The van der Waals surface area contributed by atoms with Gasteiger partial charge in [0.1, 0.15) is 0 Å². The Hall–Kier alpha value is -2.14. The molecule has 3 rings (SSSR count). The minimum Gasteiger partial charge on any atom is -0.299 e. The van der Waals surface area contributed by atoms with E-state index in [1.807, 2.05) is 6.07 Å². The third-order valence-electron chi connectivity index (χ3n) is 4.54. The molecule has 0 radical (unpaired) electrons. The number of nitrogens with zero attached hydrogens (tertiary/aromatic N) is 3. The Kier molecular flexibility index (Phi) is 3.98. The highest BCUT2D eigenvalue weighted by Crippen LogP contribution is 2.32. The van der Waals surface area contributed by atoms with Crippen LogP contribution in [0.2, 0.25) is 0 Å². The maximum absolute atomic E-state index is 12.0. The van der Waals surface area contributed by atoms with Gasteiger partial charge in [-0.05, 0) is 24.9 Å². The van der Waals surface area contributed by atoms with Crippen molar-refractivity contribution in [3.63, 3.8) is 0 Å². The number of hydrogen-bond donors (Lipinski definition) is 0. The van der Waals surface area contributed by atoms with Crippen LogP contribution in [0.1, 0.15) is 30.1 Å². The zero-order valence-corrected chi connectivity index (χ0v) is 13.0. The summed E-state index contributed by atoms with van der Waals surface area (Å²) >= 11 is 0. The number of likely N-dealkylation sites (tertiary alicyclic amines) is 1. The van der Waals surface area contributed by atoms with Crippen molar-refractivity contribution in [2.45, 2.75) is 25.4 Å². The van der Waals surface area contributed by atoms with Gasteiger partial charge in [-0.3, -0.25) is 18.8 Å². The van der Waals surface area contributed by atoms with Gasteiger partial charge in [-0.1, -0.05) is 30.3 Å². The first-order valence-corrected chi connectivity index (χ1v) is 7.63. The van der Waals surface area contributed by atoms with E-state index in [0.29, 0.717) is 12.6 Å². The van der Waals surface area contributed by atoms with E-state index in [2.05, 4.69) is 29.2 Å². The van der Waals surface area contributed by atoms with E-state index in [1.165, 1.54) is 12.6 Å². The molecule has 0 saturated carbocycles. The summed E-state index contributed by atoms with van der Waals surface area (Å²) < 4.78 is 2.71. The molecule has 1 atom stereocenters. The standard InChI is InChI=1S/C17H21N3O2/c1-18-14(11-16(21)19(2)17(18)22)12-20-10-6-9-15(20)13-7-4-3-5-8-13/h3-5,7-8,11,15H,6,9-10,12H2,1-2H3. The van der Waals surface area contributed by atoms with Crippen molar-refractivity contribution in [3.8, 4) is 0 Å². The second kappa shape index (κ2) is 5.93. The fraction of sp³-hybridized carbons (Fsp3) is 0.412. The summed E-state index contributed by atoms with van der Waals surface area (Å²) in [6.07, 6.45) is 2.25. The smallest absolute Gasteiger partial charge is 0.299 e. The van der Waals surface area contributed by atoms with Crippen LogP contribution in [-0.4, -0.2) is 20.6 Å². The van der Waals surface area contributed by atoms with E-state index >= 15 is 0 Å². The van der Waals surface area contributed by atoms with Crippen molar-refractivity contribution >= 4 is 0 Å². The first-order chi connectivity index (χ1) is 10.6. The third-order valence-corrected chi connectivity index (χ3v) is 4.54. The van der Waals surface area contributed by atoms with Gasteiger partial charge >= 0.3 is 5.69 Å². The second-order valence-corrected chi connectivity index (χ2v) is 5.91. The van der Waals surface area contributed by atoms with Gasteiger partial charge in [0.25, 0.3) is 5.56 Å². The first kappa shape index (κ1) is 14.8. The Morgan fingerprint density at radius 3 is 2.55 bits per heavy atom. The van der Waals surface area contributed by atoms with E-state index in [1.54, 1.807) is 17.7 Å². The molecule has 1 fully saturated rings. The van der Waals surface area contributed by atoms with Gasteiger partial charge in [-0.15, -0.1) is 0 Å². The maximum Gasteiger partial charge on any atom is 0.330 e.